The highest BCUT2D eigenvalue weighted by molar-refractivity contribution is 7.46. The topological polar surface area (TPSA) is 214 Å². The molecule has 16 heteroatoms. The van der Waals surface area contributed by atoms with E-state index in [4.69, 9.17) is 19.6 Å². The van der Waals surface area contributed by atoms with Crippen LogP contribution in [-0.4, -0.2) is 109 Å². The SMILES string of the molecule is CCCCCCCCCCCCCCCCCC(=O)[O-].CCCCCCCCCCCCCCCCCC(=O)[O-].C[N+](C)(C)CCOP(=O)(O)O.C[N+](C)(C)CCOP(=O)(O)O. The number of likely N-dealkylation sites (N-methyl/N-ethyl adjacent to an activating group) is 2. The van der Waals surface area contributed by atoms with Gasteiger partial charge in [0.15, 0.2) is 0 Å². The molecule has 4 N–H and O–H groups in total. The Hall–Kier alpha value is -0.920. The van der Waals surface area contributed by atoms with Gasteiger partial charge in [0.2, 0.25) is 0 Å². The number of carbonyl (C=O) groups is 2. The van der Waals surface area contributed by atoms with Crippen LogP contribution in [0.2, 0.25) is 0 Å². The van der Waals surface area contributed by atoms with Crippen molar-refractivity contribution in [2.45, 2.75) is 219 Å². The number of phosphoric acid groups is 2. The number of carbonyl (C=O) groups excluding carboxylic acids is 2. The van der Waals surface area contributed by atoms with E-state index >= 15 is 0 Å². The van der Waals surface area contributed by atoms with Crippen molar-refractivity contribution >= 4 is 27.6 Å². The Bertz CT molecular complexity index is 978. The molecule has 0 fully saturated rings. The summed E-state index contributed by atoms with van der Waals surface area (Å²) in [7, 11) is 2.99. The first-order valence-corrected chi connectivity index (χ1v) is 27.4. The number of carboxylic acids is 2. The summed E-state index contributed by atoms with van der Waals surface area (Å²) < 4.78 is 30.1. The maximum Gasteiger partial charge on any atom is 0.469 e. The number of aliphatic carboxylic acids is 2. The van der Waals surface area contributed by atoms with Gasteiger partial charge in [-0.2, -0.15) is 0 Å². The lowest BCUT2D eigenvalue weighted by atomic mass is 10.0. The standard InChI is InChI=1S/2C18H36O2.2C5H14NO4P/c2*1-2-3-4-5-6-7-8-9-10-11-12-13-14-15-16-17-18(19)20;2*1-6(2,3)4-5-10-11(7,8)9/h2*2-17H2,1H3,(H,19,20);2*4-5H2,1-3H3,(H-,7,8,9). The van der Waals surface area contributed by atoms with Gasteiger partial charge in [-0.1, -0.05) is 194 Å². The Kier molecular flexibility index (Phi) is 50.9. The van der Waals surface area contributed by atoms with Crippen molar-refractivity contribution in [2.75, 3.05) is 68.6 Å². The lowest BCUT2D eigenvalue weighted by Gasteiger charge is -2.23. The smallest absolute Gasteiger partial charge is 0.469 e. The van der Waals surface area contributed by atoms with Gasteiger partial charge >= 0.3 is 15.6 Å². The first kappa shape index (κ1) is 67.7. The minimum Gasteiger partial charge on any atom is -0.550 e. The van der Waals surface area contributed by atoms with Crippen LogP contribution in [0.25, 0.3) is 0 Å². The van der Waals surface area contributed by atoms with Gasteiger partial charge in [0, 0.05) is 11.9 Å². The van der Waals surface area contributed by atoms with E-state index in [1.807, 2.05) is 42.3 Å². The van der Waals surface area contributed by atoms with E-state index in [9.17, 15) is 28.9 Å². The Labute approximate surface area is 381 Å². The zero-order valence-corrected chi connectivity index (χ0v) is 43.1. The Morgan fingerprint density at radius 3 is 0.710 bits per heavy atom. The van der Waals surface area contributed by atoms with Crippen molar-refractivity contribution in [3.8, 4) is 0 Å². The van der Waals surface area contributed by atoms with Gasteiger partial charge in [-0.3, -0.25) is 9.05 Å². The molecule has 0 amide bonds. The van der Waals surface area contributed by atoms with Crippen LogP contribution < -0.4 is 10.2 Å². The lowest BCUT2D eigenvalue weighted by molar-refractivity contribution is -0.870. The Morgan fingerprint density at radius 2 is 0.565 bits per heavy atom. The predicted molar refractivity (Wildman–Crippen MR) is 251 cm³/mol. The monoisotopic (exact) mass is 935 g/mol. The molecule has 0 unspecified atom stereocenters. The molecule has 0 aromatic heterocycles. The zero-order valence-electron chi connectivity index (χ0n) is 41.3. The summed E-state index contributed by atoms with van der Waals surface area (Å²) in [6.07, 6.45) is 39.7. The summed E-state index contributed by atoms with van der Waals surface area (Å²) in [5.74, 6) is -1.81. The molecule has 0 aliphatic carbocycles. The molecular weight excluding hydrogens is 834 g/mol. The highest BCUT2D eigenvalue weighted by Crippen LogP contribution is 2.36. The molecule has 0 atom stereocenters. The molecule has 376 valence electrons. The molecule has 0 saturated heterocycles. The van der Waals surface area contributed by atoms with Crippen molar-refractivity contribution in [1.29, 1.82) is 0 Å². The highest BCUT2D eigenvalue weighted by atomic mass is 31.2. The Balaban J connectivity index is -0.000000376. The quantitative estimate of drug-likeness (QED) is 0.0257. The first-order chi connectivity index (χ1) is 29.0. The number of hydrogen-bond acceptors (Lipinski definition) is 8. The van der Waals surface area contributed by atoms with Gasteiger partial charge in [-0.25, -0.2) is 9.13 Å². The van der Waals surface area contributed by atoms with Gasteiger partial charge in [0.1, 0.15) is 26.3 Å². The predicted octanol–water partition coefficient (Wildman–Crippen LogP) is 9.60. The minimum atomic E-state index is -4.26. The molecule has 0 rings (SSSR count). The molecule has 0 aromatic carbocycles. The fraction of sp³-hybridized carbons (Fsp3) is 0.957. The summed E-state index contributed by atoms with van der Waals surface area (Å²) in [4.78, 5) is 53.6. The van der Waals surface area contributed by atoms with Crippen LogP contribution in [0.1, 0.15) is 219 Å². The van der Waals surface area contributed by atoms with Gasteiger partial charge in [-0.05, 0) is 25.7 Å². The van der Waals surface area contributed by atoms with E-state index in [2.05, 4.69) is 22.9 Å². The highest BCUT2D eigenvalue weighted by Gasteiger charge is 2.17. The molecule has 0 heterocycles. The van der Waals surface area contributed by atoms with Crippen LogP contribution >= 0.6 is 15.6 Å². The van der Waals surface area contributed by atoms with Crippen molar-refractivity contribution in [3.05, 3.63) is 0 Å². The van der Waals surface area contributed by atoms with Crippen LogP contribution in [0, 0.1) is 0 Å². The average molecular weight is 935 g/mol. The summed E-state index contributed by atoms with van der Waals surface area (Å²) >= 11 is 0. The number of phosphoric ester groups is 2. The molecule has 62 heavy (non-hydrogen) atoms. The van der Waals surface area contributed by atoms with Gasteiger partial charge in [0.25, 0.3) is 0 Å². The fourth-order valence-electron chi connectivity index (χ4n) is 6.15. The van der Waals surface area contributed by atoms with E-state index in [0.29, 0.717) is 22.1 Å². The number of carboxylic acid groups (broad SMARTS) is 2. The number of nitrogens with zero attached hydrogens (tertiary/aromatic N) is 2. The van der Waals surface area contributed by atoms with Crippen LogP contribution in [0.15, 0.2) is 0 Å². The molecule has 0 bridgehead atoms. The Morgan fingerprint density at radius 1 is 0.387 bits per heavy atom. The largest absolute Gasteiger partial charge is 0.550 e. The molecule has 0 spiro atoms. The first-order valence-electron chi connectivity index (χ1n) is 24.4. The second kappa shape index (κ2) is 46.6. The second-order valence-corrected chi connectivity index (χ2v) is 21.3. The maximum absolute atomic E-state index is 10.2. The average Bonchev–Trinajstić information content (AvgIpc) is 3.13. The van der Waals surface area contributed by atoms with Crippen LogP contribution in [0.5, 0.6) is 0 Å². The van der Waals surface area contributed by atoms with E-state index in [1.54, 1.807) is 0 Å². The molecular formula is C46H100N2O12P2. The number of unbranched alkanes of at least 4 members (excludes halogenated alkanes) is 28. The third-order valence-corrected chi connectivity index (χ3v) is 11.0. The summed E-state index contributed by atoms with van der Waals surface area (Å²) in [6, 6.07) is 0. The van der Waals surface area contributed by atoms with Crippen molar-refractivity contribution in [1.82, 2.24) is 0 Å². The second-order valence-electron chi connectivity index (χ2n) is 18.8. The summed E-state index contributed by atoms with van der Waals surface area (Å²) in [6.45, 7) is 5.84. The summed E-state index contributed by atoms with van der Waals surface area (Å²) in [5.41, 5.74) is 0. The van der Waals surface area contributed by atoms with Crippen molar-refractivity contribution < 1.29 is 66.5 Å². The van der Waals surface area contributed by atoms with Crippen molar-refractivity contribution in [2.24, 2.45) is 0 Å². The normalized spacial score (nSPS) is 11.8. The molecule has 14 nitrogen and oxygen atoms in total. The van der Waals surface area contributed by atoms with E-state index < -0.39 is 27.6 Å². The summed E-state index contributed by atoms with van der Waals surface area (Å²) in [5, 5.41) is 20.4. The molecule has 0 aliphatic heterocycles. The number of quaternary nitrogens is 2. The van der Waals surface area contributed by atoms with E-state index in [0.717, 1.165) is 25.7 Å². The lowest BCUT2D eigenvalue weighted by Crippen LogP contribution is -2.37. The van der Waals surface area contributed by atoms with Crippen LogP contribution in [-0.2, 0) is 27.8 Å². The van der Waals surface area contributed by atoms with Crippen LogP contribution in [0.4, 0.5) is 0 Å². The molecule has 0 radical (unpaired) electrons. The fourth-order valence-corrected chi connectivity index (χ4v) is 6.79. The molecule has 0 saturated carbocycles. The molecule has 0 aliphatic rings. The van der Waals surface area contributed by atoms with Crippen LogP contribution in [0.3, 0.4) is 0 Å². The molecule has 0 aromatic rings. The minimum absolute atomic E-state index is 0.0772. The third-order valence-electron chi connectivity index (χ3n) is 10.0. The van der Waals surface area contributed by atoms with E-state index in [1.165, 1.54) is 167 Å². The van der Waals surface area contributed by atoms with Gasteiger partial charge < -0.3 is 48.3 Å². The number of rotatable bonds is 40. The van der Waals surface area contributed by atoms with Gasteiger partial charge in [-0.15, -0.1) is 0 Å². The van der Waals surface area contributed by atoms with E-state index in [-0.39, 0.29) is 26.1 Å². The third kappa shape index (κ3) is 82.7. The van der Waals surface area contributed by atoms with Crippen molar-refractivity contribution in [3.63, 3.8) is 0 Å². The number of hydrogen-bond donors (Lipinski definition) is 4. The zero-order chi connectivity index (χ0) is 48.0. The van der Waals surface area contributed by atoms with Gasteiger partial charge in [0.05, 0.1) is 42.3 Å². The maximum atomic E-state index is 10.2.